The van der Waals surface area contributed by atoms with Gasteiger partial charge in [-0.2, -0.15) is 4.31 Å². The second-order valence-corrected chi connectivity index (χ2v) is 7.39. The van der Waals surface area contributed by atoms with E-state index in [9.17, 15) is 13.2 Å². The Kier molecular flexibility index (Phi) is 4.77. The molecule has 0 aliphatic carbocycles. The molecule has 1 fully saturated rings. The Labute approximate surface area is 126 Å². The normalized spacial score (nSPS) is 20.6. The van der Waals surface area contributed by atoms with Crippen LogP contribution in [0, 0.1) is 0 Å². The third-order valence-corrected chi connectivity index (χ3v) is 5.60. The van der Waals surface area contributed by atoms with Crippen molar-refractivity contribution < 1.29 is 13.2 Å². The van der Waals surface area contributed by atoms with Gasteiger partial charge in [0.05, 0.1) is 0 Å². The van der Waals surface area contributed by atoms with Crippen LogP contribution in [0.15, 0.2) is 27.8 Å². The molecule has 1 aliphatic rings. The number of nitrogens with one attached hydrogen (secondary N) is 1. The van der Waals surface area contributed by atoms with Crippen LogP contribution >= 0.6 is 15.9 Å². The van der Waals surface area contributed by atoms with Crippen molar-refractivity contribution in [1.82, 2.24) is 14.6 Å². The van der Waals surface area contributed by atoms with Gasteiger partial charge in [0, 0.05) is 30.5 Å². The summed E-state index contributed by atoms with van der Waals surface area (Å²) in [5.41, 5.74) is 0. The molecule has 1 aromatic rings. The smallest absolute Gasteiger partial charge is 0.245 e. The number of carbonyl (C=O) groups is 1. The maximum atomic E-state index is 12.7. The Bertz CT molecular complexity index is 606. The van der Waals surface area contributed by atoms with Crippen LogP contribution in [0.3, 0.4) is 0 Å². The molecule has 2 heterocycles. The number of hydrogen-bond donors (Lipinski definition) is 1. The predicted molar refractivity (Wildman–Crippen MR) is 77.5 cm³/mol. The summed E-state index contributed by atoms with van der Waals surface area (Å²) in [5, 5.41) is 2.53. The fraction of sp³-hybridized carbons (Fsp3) is 0.500. The fourth-order valence-corrected chi connectivity index (χ4v) is 4.45. The SMILES string of the molecule is CNC(=O)C1CCCCN1S(=O)(=O)c1cncc(Br)c1. The third-order valence-electron chi connectivity index (χ3n) is 3.29. The van der Waals surface area contributed by atoms with Gasteiger partial charge in [0.1, 0.15) is 10.9 Å². The van der Waals surface area contributed by atoms with Crippen molar-refractivity contribution >= 4 is 31.9 Å². The molecular weight excluding hydrogens is 346 g/mol. The zero-order valence-electron chi connectivity index (χ0n) is 11.0. The van der Waals surface area contributed by atoms with Gasteiger partial charge in [-0.05, 0) is 34.8 Å². The molecule has 0 aromatic carbocycles. The van der Waals surface area contributed by atoms with Gasteiger partial charge in [0.25, 0.3) is 0 Å². The number of piperidine rings is 1. The molecular formula is C12H16BrN3O3S. The van der Waals surface area contributed by atoms with E-state index in [2.05, 4.69) is 26.2 Å². The second kappa shape index (κ2) is 6.19. The molecule has 1 N–H and O–H groups in total. The third kappa shape index (κ3) is 3.02. The van der Waals surface area contributed by atoms with Crippen molar-refractivity contribution in [3.05, 3.63) is 22.9 Å². The van der Waals surface area contributed by atoms with Crippen molar-refractivity contribution in [3.63, 3.8) is 0 Å². The standard InChI is InChI=1S/C12H16BrN3O3S/c1-14-12(17)11-4-2-3-5-16(11)20(18,19)10-6-9(13)7-15-8-10/h6-8,11H,2-5H2,1H3,(H,14,17). The monoisotopic (exact) mass is 361 g/mol. The van der Waals surface area contributed by atoms with Crippen molar-refractivity contribution in [3.8, 4) is 0 Å². The molecule has 0 radical (unpaired) electrons. The van der Waals surface area contributed by atoms with Gasteiger partial charge >= 0.3 is 0 Å². The zero-order chi connectivity index (χ0) is 14.8. The van der Waals surface area contributed by atoms with Crippen molar-refractivity contribution in [2.45, 2.75) is 30.2 Å². The number of nitrogens with zero attached hydrogens (tertiary/aromatic N) is 2. The summed E-state index contributed by atoms with van der Waals surface area (Å²) in [6, 6.07) is 0.857. The molecule has 1 saturated heterocycles. The fourth-order valence-electron chi connectivity index (χ4n) is 2.29. The summed E-state index contributed by atoms with van der Waals surface area (Å²) in [5.74, 6) is -0.267. The molecule has 1 unspecified atom stereocenters. The molecule has 2 rings (SSSR count). The predicted octanol–water partition coefficient (Wildman–Crippen LogP) is 1.13. The first-order chi connectivity index (χ1) is 9.46. The molecule has 0 spiro atoms. The minimum absolute atomic E-state index is 0.0997. The van der Waals surface area contributed by atoms with Gasteiger partial charge in [0.2, 0.25) is 15.9 Å². The zero-order valence-corrected chi connectivity index (χ0v) is 13.4. The highest BCUT2D eigenvalue weighted by molar-refractivity contribution is 9.10. The van der Waals surface area contributed by atoms with E-state index < -0.39 is 16.1 Å². The maximum Gasteiger partial charge on any atom is 0.245 e. The van der Waals surface area contributed by atoms with Gasteiger partial charge in [-0.25, -0.2) is 8.42 Å². The number of hydrogen-bond acceptors (Lipinski definition) is 4. The van der Waals surface area contributed by atoms with Crippen LogP contribution in [0.25, 0.3) is 0 Å². The van der Waals surface area contributed by atoms with E-state index in [0.29, 0.717) is 17.4 Å². The quantitative estimate of drug-likeness (QED) is 0.875. The van der Waals surface area contributed by atoms with Crippen LogP contribution in [0.2, 0.25) is 0 Å². The van der Waals surface area contributed by atoms with Crippen LogP contribution in [-0.2, 0) is 14.8 Å². The lowest BCUT2D eigenvalue weighted by molar-refractivity contribution is -0.125. The van der Waals surface area contributed by atoms with Gasteiger partial charge < -0.3 is 5.32 Å². The Balaban J connectivity index is 2.38. The average molecular weight is 362 g/mol. The maximum absolute atomic E-state index is 12.7. The number of aromatic nitrogens is 1. The molecule has 1 atom stereocenters. The number of halogens is 1. The Morgan fingerprint density at radius 1 is 1.45 bits per heavy atom. The molecule has 1 amide bonds. The van der Waals surface area contributed by atoms with E-state index in [0.717, 1.165) is 12.8 Å². The lowest BCUT2D eigenvalue weighted by Crippen LogP contribution is -2.51. The summed E-state index contributed by atoms with van der Waals surface area (Å²) in [6.07, 6.45) is 4.97. The van der Waals surface area contributed by atoms with E-state index in [1.807, 2.05) is 0 Å². The van der Waals surface area contributed by atoms with Crippen LogP contribution in [0.1, 0.15) is 19.3 Å². The van der Waals surface area contributed by atoms with Crippen LogP contribution in [-0.4, -0.2) is 43.2 Å². The lowest BCUT2D eigenvalue weighted by atomic mass is 10.0. The van der Waals surface area contributed by atoms with Crippen molar-refractivity contribution in [1.29, 1.82) is 0 Å². The minimum atomic E-state index is -3.71. The molecule has 8 heteroatoms. The Morgan fingerprint density at radius 2 is 2.20 bits per heavy atom. The van der Waals surface area contributed by atoms with Crippen LogP contribution < -0.4 is 5.32 Å². The van der Waals surface area contributed by atoms with Gasteiger partial charge in [-0.3, -0.25) is 9.78 Å². The number of likely N-dealkylation sites (N-methyl/N-ethyl adjacent to an activating group) is 1. The summed E-state index contributed by atoms with van der Waals surface area (Å²) in [6.45, 7) is 0.354. The van der Waals surface area contributed by atoms with Crippen molar-refractivity contribution in [2.75, 3.05) is 13.6 Å². The highest BCUT2D eigenvalue weighted by Crippen LogP contribution is 2.26. The summed E-state index contributed by atoms with van der Waals surface area (Å²) in [4.78, 5) is 15.9. The highest BCUT2D eigenvalue weighted by atomic mass is 79.9. The molecule has 0 saturated carbocycles. The van der Waals surface area contributed by atoms with Gasteiger partial charge in [-0.15, -0.1) is 0 Å². The van der Waals surface area contributed by atoms with E-state index in [4.69, 9.17) is 0 Å². The first kappa shape index (κ1) is 15.4. The molecule has 20 heavy (non-hydrogen) atoms. The number of pyridine rings is 1. The van der Waals surface area contributed by atoms with E-state index in [-0.39, 0.29) is 10.8 Å². The summed E-state index contributed by atoms with van der Waals surface area (Å²) in [7, 11) is -2.19. The lowest BCUT2D eigenvalue weighted by Gasteiger charge is -2.33. The van der Waals surface area contributed by atoms with Gasteiger partial charge in [0.15, 0.2) is 0 Å². The van der Waals surface area contributed by atoms with E-state index in [1.54, 1.807) is 0 Å². The van der Waals surface area contributed by atoms with E-state index >= 15 is 0 Å². The van der Waals surface area contributed by atoms with Crippen molar-refractivity contribution in [2.24, 2.45) is 0 Å². The topological polar surface area (TPSA) is 79.4 Å². The van der Waals surface area contributed by atoms with E-state index in [1.165, 1.54) is 29.8 Å². The summed E-state index contributed by atoms with van der Waals surface area (Å²) < 4.78 is 27.2. The second-order valence-electron chi connectivity index (χ2n) is 4.58. The summed E-state index contributed by atoms with van der Waals surface area (Å²) >= 11 is 3.21. The molecule has 6 nitrogen and oxygen atoms in total. The number of amides is 1. The molecule has 0 bridgehead atoms. The molecule has 110 valence electrons. The number of carbonyl (C=O) groups excluding carboxylic acids is 1. The highest BCUT2D eigenvalue weighted by Gasteiger charge is 2.37. The minimum Gasteiger partial charge on any atom is -0.358 e. The number of sulfonamides is 1. The Morgan fingerprint density at radius 3 is 2.85 bits per heavy atom. The Hall–Kier alpha value is -0.990. The largest absolute Gasteiger partial charge is 0.358 e. The van der Waals surface area contributed by atoms with Gasteiger partial charge in [-0.1, -0.05) is 6.42 Å². The number of rotatable bonds is 3. The first-order valence-corrected chi connectivity index (χ1v) is 8.54. The van der Waals surface area contributed by atoms with Crippen LogP contribution in [0.4, 0.5) is 0 Å². The molecule has 1 aromatic heterocycles. The first-order valence-electron chi connectivity index (χ1n) is 6.31. The van der Waals surface area contributed by atoms with Crippen LogP contribution in [0.5, 0.6) is 0 Å². The average Bonchev–Trinajstić information content (AvgIpc) is 2.46. The molecule has 1 aliphatic heterocycles.